The fraction of sp³-hybridized carbons (Fsp3) is 0.581. The van der Waals surface area contributed by atoms with Gasteiger partial charge in [0.25, 0.3) is 0 Å². The first-order valence-corrected chi connectivity index (χ1v) is 13.4. The van der Waals surface area contributed by atoms with E-state index in [9.17, 15) is 4.79 Å². The number of rotatable bonds is 13. The largest absolute Gasteiger partial charge is 0.369 e. The summed E-state index contributed by atoms with van der Waals surface area (Å²) in [5.41, 5.74) is 8.94. The van der Waals surface area contributed by atoms with E-state index in [0.717, 1.165) is 24.2 Å². The van der Waals surface area contributed by atoms with Crippen LogP contribution in [-0.2, 0) is 10.2 Å². The molecule has 2 N–H and O–H groups in total. The highest BCUT2D eigenvalue weighted by Crippen LogP contribution is 2.38. The van der Waals surface area contributed by atoms with Crippen molar-refractivity contribution in [2.24, 2.45) is 11.7 Å². The molecule has 0 aliphatic rings. The molecule has 35 heavy (non-hydrogen) atoms. The van der Waals surface area contributed by atoms with Gasteiger partial charge >= 0.3 is 0 Å². The van der Waals surface area contributed by atoms with Gasteiger partial charge in [-0.2, -0.15) is 0 Å². The minimum atomic E-state index is -0.751. The summed E-state index contributed by atoms with van der Waals surface area (Å²) in [6.07, 6.45) is 0.703. The van der Waals surface area contributed by atoms with Crippen LogP contribution >= 0.6 is 0 Å². The van der Waals surface area contributed by atoms with E-state index in [4.69, 9.17) is 5.73 Å². The van der Waals surface area contributed by atoms with Crippen molar-refractivity contribution >= 4 is 5.91 Å². The highest BCUT2D eigenvalue weighted by atomic mass is 16.1. The molecule has 2 aromatic carbocycles. The molecule has 0 heterocycles. The molecule has 0 saturated carbocycles. The molecule has 0 aliphatic carbocycles. The van der Waals surface area contributed by atoms with Gasteiger partial charge in [-0.1, -0.05) is 61.5 Å². The molecule has 2 aromatic rings. The van der Waals surface area contributed by atoms with Crippen molar-refractivity contribution in [1.82, 2.24) is 9.80 Å². The number of nitrogens with two attached hydrogens (primary N) is 1. The number of hydrogen-bond donors (Lipinski definition) is 1. The topological polar surface area (TPSA) is 49.6 Å². The molecule has 2 unspecified atom stereocenters. The minimum Gasteiger partial charge on any atom is -0.369 e. The van der Waals surface area contributed by atoms with Crippen LogP contribution in [0, 0.1) is 5.92 Å². The van der Waals surface area contributed by atoms with E-state index in [0.29, 0.717) is 30.6 Å². The van der Waals surface area contributed by atoms with E-state index < -0.39 is 5.41 Å². The normalized spacial score (nSPS) is 14.9. The third-order valence-electron chi connectivity index (χ3n) is 7.69. The van der Waals surface area contributed by atoms with Crippen molar-refractivity contribution in [2.75, 3.05) is 13.1 Å². The lowest BCUT2D eigenvalue weighted by Gasteiger charge is -2.43. The van der Waals surface area contributed by atoms with Crippen molar-refractivity contribution in [1.29, 1.82) is 0 Å². The molecule has 0 aromatic heterocycles. The molecule has 0 saturated heterocycles. The lowest BCUT2D eigenvalue weighted by atomic mass is 9.67. The maximum Gasteiger partial charge on any atom is 0.228 e. The molecular formula is C31H49N3O. The monoisotopic (exact) mass is 479 g/mol. The Morgan fingerprint density at radius 3 is 1.60 bits per heavy atom. The Balaban J connectivity index is 2.54. The fourth-order valence-corrected chi connectivity index (χ4v) is 5.68. The molecule has 0 radical (unpaired) electrons. The summed E-state index contributed by atoms with van der Waals surface area (Å²) >= 11 is 0. The predicted molar refractivity (Wildman–Crippen MR) is 150 cm³/mol. The van der Waals surface area contributed by atoms with Gasteiger partial charge in [0.05, 0.1) is 5.41 Å². The van der Waals surface area contributed by atoms with Gasteiger partial charge in [0.15, 0.2) is 0 Å². The first kappa shape index (κ1) is 29.1. The van der Waals surface area contributed by atoms with E-state index in [1.165, 1.54) is 5.56 Å². The highest BCUT2D eigenvalue weighted by Gasteiger charge is 2.44. The van der Waals surface area contributed by atoms with Gasteiger partial charge in [0.2, 0.25) is 5.91 Å². The Morgan fingerprint density at radius 2 is 1.17 bits per heavy atom. The van der Waals surface area contributed by atoms with Crippen molar-refractivity contribution in [3.63, 3.8) is 0 Å². The van der Waals surface area contributed by atoms with Gasteiger partial charge in [-0.05, 0) is 84.4 Å². The van der Waals surface area contributed by atoms with E-state index in [1.54, 1.807) is 0 Å². The Kier molecular flexibility index (Phi) is 10.5. The van der Waals surface area contributed by atoms with Crippen molar-refractivity contribution in [3.8, 4) is 11.1 Å². The molecule has 0 fully saturated rings. The summed E-state index contributed by atoms with van der Waals surface area (Å²) in [4.78, 5) is 18.4. The second-order valence-corrected chi connectivity index (χ2v) is 11.2. The van der Waals surface area contributed by atoms with Crippen LogP contribution in [0.25, 0.3) is 11.1 Å². The smallest absolute Gasteiger partial charge is 0.228 e. The van der Waals surface area contributed by atoms with Crippen LogP contribution in [0.5, 0.6) is 0 Å². The lowest BCUT2D eigenvalue weighted by Crippen LogP contribution is -2.54. The third-order valence-corrected chi connectivity index (χ3v) is 7.69. The molecule has 0 spiro atoms. The SMILES string of the molecule is CC(C)N(CCC(C(N)=O)(c1ccc(-c2ccccc2)cc1)C(C)CN(C(C)C)C(C)C)C(C)C. The molecular weight excluding hydrogens is 430 g/mol. The Hall–Kier alpha value is -2.17. The van der Waals surface area contributed by atoms with Crippen molar-refractivity contribution in [2.45, 2.75) is 98.3 Å². The van der Waals surface area contributed by atoms with Crippen LogP contribution in [0.4, 0.5) is 0 Å². The Morgan fingerprint density at radius 1 is 0.714 bits per heavy atom. The van der Waals surface area contributed by atoms with Crippen LogP contribution in [0.3, 0.4) is 0 Å². The van der Waals surface area contributed by atoms with Crippen molar-refractivity contribution in [3.05, 3.63) is 60.2 Å². The standard InChI is InChI=1S/C31H49N3O/c1-22(2)33(23(3)4)20-19-31(30(32)35,26(9)21-34(24(5)6)25(7)8)29-17-15-28(16-18-29)27-13-11-10-12-14-27/h10-18,22-26H,19-21H2,1-9H3,(H2,32,35). The summed E-state index contributed by atoms with van der Waals surface area (Å²) in [5, 5.41) is 0. The molecule has 0 bridgehead atoms. The second kappa shape index (κ2) is 12.7. The van der Waals surface area contributed by atoms with Crippen LogP contribution in [0.2, 0.25) is 0 Å². The predicted octanol–water partition coefficient (Wildman–Crippen LogP) is 6.34. The van der Waals surface area contributed by atoms with Gasteiger partial charge in [-0.15, -0.1) is 0 Å². The quantitative estimate of drug-likeness (QED) is 0.365. The number of primary amides is 1. The molecule has 1 amide bonds. The van der Waals surface area contributed by atoms with Gasteiger partial charge in [0, 0.05) is 37.3 Å². The van der Waals surface area contributed by atoms with Crippen molar-refractivity contribution < 1.29 is 4.79 Å². The summed E-state index contributed by atoms with van der Waals surface area (Å²) in [7, 11) is 0. The first-order valence-electron chi connectivity index (χ1n) is 13.4. The fourth-order valence-electron chi connectivity index (χ4n) is 5.68. The minimum absolute atomic E-state index is 0.0635. The summed E-state index contributed by atoms with van der Waals surface area (Å²) < 4.78 is 0. The zero-order valence-electron chi connectivity index (χ0n) is 23.6. The number of carbonyl (C=O) groups excluding carboxylic acids is 1. The molecule has 194 valence electrons. The van der Waals surface area contributed by atoms with Gasteiger partial charge in [0.1, 0.15) is 0 Å². The van der Waals surface area contributed by atoms with E-state index in [-0.39, 0.29) is 11.8 Å². The maximum atomic E-state index is 13.5. The van der Waals surface area contributed by atoms with Crippen LogP contribution < -0.4 is 5.73 Å². The number of hydrogen-bond acceptors (Lipinski definition) is 3. The number of benzene rings is 2. The molecule has 2 atom stereocenters. The average Bonchev–Trinajstić information content (AvgIpc) is 2.79. The summed E-state index contributed by atoms with van der Waals surface area (Å²) in [6.45, 7) is 21.7. The molecule has 2 rings (SSSR count). The maximum absolute atomic E-state index is 13.5. The first-order chi connectivity index (χ1) is 16.4. The molecule has 0 aliphatic heterocycles. The number of amides is 1. The highest BCUT2D eigenvalue weighted by molar-refractivity contribution is 5.87. The Labute approximate surface area is 214 Å². The van der Waals surface area contributed by atoms with E-state index >= 15 is 0 Å². The van der Waals surface area contributed by atoms with E-state index in [2.05, 4.69) is 121 Å². The number of carbonyl (C=O) groups is 1. The third kappa shape index (κ3) is 6.95. The Bertz CT molecular complexity index is 889. The lowest BCUT2D eigenvalue weighted by molar-refractivity contribution is -0.126. The molecule has 4 nitrogen and oxygen atoms in total. The summed E-state index contributed by atoms with van der Waals surface area (Å²) in [6, 6.07) is 20.5. The average molecular weight is 480 g/mol. The van der Waals surface area contributed by atoms with Gasteiger partial charge < -0.3 is 5.73 Å². The number of nitrogens with zero attached hydrogens (tertiary/aromatic N) is 2. The van der Waals surface area contributed by atoms with Crippen LogP contribution in [0.15, 0.2) is 54.6 Å². The zero-order valence-corrected chi connectivity index (χ0v) is 23.6. The van der Waals surface area contributed by atoms with Gasteiger partial charge in [-0.3, -0.25) is 14.6 Å². The van der Waals surface area contributed by atoms with Gasteiger partial charge in [-0.25, -0.2) is 0 Å². The molecule has 4 heteroatoms. The summed E-state index contributed by atoms with van der Waals surface area (Å²) in [5.74, 6) is -0.161. The zero-order chi connectivity index (χ0) is 26.3. The van der Waals surface area contributed by atoms with Crippen LogP contribution in [-0.4, -0.2) is 53.0 Å². The van der Waals surface area contributed by atoms with Crippen LogP contribution in [0.1, 0.15) is 74.3 Å². The second-order valence-electron chi connectivity index (χ2n) is 11.2. The van der Waals surface area contributed by atoms with E-state index in [1.807, 2.05) is 6.07 Å².